The summed E-state index contributed by atoms with van der Waals surface area (Å²) in [4.78, 5) is 18.2. The lowest BCUT2D eigenvalue weighted by Gasteiger charge is -2.36. The van der Waals surface area contributed by atoms with Gasteiger partial charge in [0.15, 0.2) is 11.4 Å². The number of nitrogens with one attached hydrogen (secondary N) is 2. The maximum atomic E-state index is 13.5. The number of hydrogen-bond acceptors (Lipinski definition) is 5. The summed E-state index contributed by atoms with van der Waals surface area (Å²) < 4.78 is 0. The van der Waals surface area contributed by atoms with Crippen LogP contribution < -0.4 is 5.32 Å². The summed E-state index contributed by atoms with van der Waals surface area (Å²) in [6.07, 6.45) is 3.68. The maximum Gasteiger partial charge on any atom is 0.182 e. The summed E-state index contributed by atoms with van der Waals surface area (Å²) in [5.74, 6) is 0.360. The second-order valence-corrected chi connectivity index (χ2v) is 8.34. The minimum atomic E-state index is 0.0111. The summed E-state index contributed by atoms with van der Waals surface area (Å²) in [7, 11) is 0. The van der Waals surface area contributed by atoms with Gasteiger partial charge in [-0.1, -0.05) is 6.92 Å². The summed E-state index contributed by atoms with van der Waals surface area (Å²) in [6, 6.07) is 7.08. The highest BCUT2D eigenvalue weighted by atomic mass is 16.3. The molecule has 4 rings (SSSR count). The first-order chi connectivity index (χ1) is 13.9. The van der Waals surface area contributed by atoms with Crippen LogP contribution in [0.1, 0.15) is 54.2 Å². The number of ketones is 1. The summed E-state index contributed by atoms with van der Waals surface area (Å²) in [6.45, 7) is 7.95. The van der Waals surface area contributed by atoms with Crippen LogP contribution in [0.4, 0.5) is 0 Å². The van der Waals surface area contributed by atoms with Crippen LogP contribution in [0.3, 0.4) is 0 Å². The molecule has 1 saturated heterocycles. The van der Waals surface area contributed by atoms with Crippen LogP contribution in [0, 0.1) is 19.3 Å². The van der Waals surface area contributed by atoms with Crippen molar-refractivity contribution in [3.63, 3.8) is 0 Å². The number of hydrogen-bond donors (Lipinski definition) is 3. The number of rotatable bonds is 5. The Balaban J connectivity index is 1.80. The lowest BCUT2D eigenvalue weighted by Crippen LogP contribution is -2.41. The normalized spacial score (nSPS) is 19.6. The van der Waals surface area contributed by atoms with Gasteiger partial charge in [0.05, 0.1) is 11.1 Å². The molecule has 6 heteroatoms. The zero-order chi connectivity index (χ0) is 20.6. The molecule has 3 heterocycles. The molecule has 1 aliphatic rings. The third kappa shape index (κ3) is 3.65. The van der Waals surface area contributed by atoms with Crippen LogP contribution in [0.25, 0.3) is 22.3 Å². The number of phenolic OH excluding ortho intramolecular Hbond substituents is 1. The molecule has 1 unspecified atom stereocenters. The number of benzene rings is 1. The van der Waals surface area contributed by atoms with Gasteiger partial charge >= 0.3 is 0 Å². The first kappa shape index (κ1) is 19.6. The van der Waals surface area contributed by atoms with Crippen LogP contribution in [-0.4, -0.2) is 39.2 Å². The number of aromatic nitrogens is 3. The van der Waals surface area contributed by atoms with Gasteiger partial charge in [-0.2, -0.15) is 5.10 Å². The standard InChI is InChI=1S/C23H28N4O2/c1-4-23(8-5-9-24-13-23)12-20(29)18-11-19(17-7-6-16(28)10-14(17)2)25-22-21(18)15(3)26-27-22/h6-7,10-11,24,28H,4-5,8-9,12-13H2,1-3H3,(H,25,26,27). The molecule has 0 saturated carbocycles. The smallest absolute Gasteiger partial charge is 0.182 e. The number of aromatic amines is 1. The third-order valence-corrected chi connectivity index (χ3v) is 6.34. The number of carbonyl (C=O) groups is 1. The molecular weight excluding hydrogens is 364 g/mol. The molecule has 0 spiro atoms. The van der Waals surface area contributed by atoms with E-state index in [1.807, 2.05) is 26.0 Å². The fourth-order valence-electron chi connectivity index (χ4n) is 4.51. The number of fused-ring (bicyclic) bond motifs is 1. The molecule has 1 fully saturated rings. The Hall–Kier alpha value is -2.73. The summed E-state index contributed by atoms with van der Waals surface area (Å²) in [5, 5.41) is 21.3. The predicted molar refractivity (Wildman–Crippen MR) is 114 cm³/mol. The molecule has 6 nitrogen and oxygen atoms in total. The molecule has 2 aromatic heterocycles. The van der Waals surface area contributed by atoms with Gasteiger partial charge in [-0.05, 0) is 74.9 Å². The van der Waals surface area contributed by atoms with Crippen molar-refractivity contribution in [3.8, 4) is 17.0 Å². The topological polar surface area (TPSA) is 90.9 Å². The lowest BCUT2D eigenvalue weighted by atomic mass is 9.73. The average Bonchev–Trinajstić information content (AvgIpc) is 3.09. The number of Topliss-reactive ketones (excluding diaryl/α,β-unsaturated/α-hetero) is 1. The number of nitrogens with zero attached hydrogens (tertiary/aromatic N) is 2. The van der Waals surface area contributed by atoms with E-state index in [9.17, 15) is 9.90 Å². The van der Waals surface area contributed by atoms with Gasteiger partial charge in [0.2, 0.25) is 0 Å². The number of H-pyrrole nitrogens is 1. The Labute approximate surface area is 170 Å². The second kappa shape index (κ2) is 7.59. The van der Waals surface area contributed by atoms with E-state index >= 15 is 0 Å². The van der Waals surface area contributed by atoms with Gasteiger partial charge in [-0.15, -0.1) is 0 Å². The van der Waals surface area contributed by atoms with E-state index in [2.05, 4.69) is 22.4 Å². The Kier molecular flexibility index (Phi) is 5.13. The SMILES string of the molecule is CCC1(CC(=O)c2cc(-c3ccc(O)cc3C)nc3n[nH]c(C)c23)CCCNC1. The van der Waals surface area contributed by atoms with Gasteiger partial charge < -0.3 is 10.4 Å². The number of aromatic hydroxyl groups is 1. The molecule has 1 atom stereocenters. The molecule has 0 amide bonds. The van der Waals surface area contributed by atoms with Crippen molar-refractivity contribution < 1.29 is 9.90 Å². The molecule has 0 radical (unpaired) electrons. The number of pyridine rings is 1. The van der Waals surface area contributed by atoms with Crippen molar-refractivity contribution in [2.24, 2.45) is 5.41 Å². The number of carbonyl (C=O) groups excluding carboxylic acids is 1. The molecule has 3 N–H and O–H groups in total. The highest BCUT2D eigenvalue weighted by Gasteiger charge is 2.33. The van der Waals surface area contributed by atoms with Gasteiger partial charge in [0.1, 0.15) is 5.75 Å². The van der Waals surface area contributed by atoms with Crippen molar-refractivity contribution in [2.75, 3.05) is 13.1 Å². The Morgan fingerprint density at radius 3 is 2.79 bits per heavy atom. The van der Waals surface area contributed by atoms with Gasteiger partial charge in [-0.3, -0.25) is 9.89 Å². The summed E-state index contributed by atoms with van der Waals surface area (Å²) in [5.41, 5.74) is 4.62. The minimum absolute atomic E-state index is 0.0111. The van der Waals surface area contributed by atoms with Gasteiger partial charge in [0.25, 0.3) is 0 Å². The molecule has 0 aliphatic carbocycles. The lowest BCUT2D eigenvalue weighted by molar-refractivity contribution is 0.0870. The van der Waals surface area contributed by atoms with Crippen LogP contribution in [0.15, 0.2) is 24.3 Å². The molecule has 152 valence electrons. The van der Waals surface area contributed by atoms with E-state index in [-0.39, 0.29) is 16.9 Å². The fourth-order valence-corrected chi connectivity index (χ4v) is 4.51. The van der Waals surface area contributed by atoms with Crippen molar-refractivity contribution in [1.82, 2.24) is 20.5 Å². The molecular formula is C23H28N4O2. The van der Waals surface area contributed by atoms with Crippen LogP contribution in [0.2, 0.25) is 0 Å². The quantitative estimate of drug-likeness (QED) is 0.563. The Morgan fingerprint density at radius 2 is 2.10 bits per heavy atom. The first-order valence-corrected chi connectivity index (χ1v) is 10.3. The zero-order valence-electron chi connectivity index (χ0n) is 17.3. The molecule has 3 aromatic rings. The number of piperidine rings is 1. The van der Waals surface area contributed by atoms with Crippen molar-refractivity contribution in [2.45, 2.75) is 46.5 Å². The Morgan fingerprint density at radius 1 is 1.28 bits per heavy atom. The van der Waals surface area contributed by atoms with Crippen molar-refractivity contribution >= 4 is 16.8 Å². The highest BCUT2D eigenvalue weighted by Crippen LogP contribution is 2.37. The second-order valence-electron chi connectivity index (χ2n) is 8.34. The van der Waals surface area contributed by atoms with Gasteiger partial charge in [-0.25, -0.2) is 4.98 Å². The summed E-state index contributed by atoms with van der Waals surface area (Å²) >= 11 is 0. The van der Waals surface area contributed by atoms with E-state index in [0.717, 1.165) is 54.6 Å². The third-order valence-electron chi connectivity index (χ3n) is 6.34. The molecule has 1 aromatic carbocycles. The van der Waals surface area contributed by atoms with Gasteiger partial charge in [0, 0.05) is 29.8 Å². The fraction of sp³-hybridized carbons (Fsp3) is 0.435. The first-order valence-electron chi connectivity index (χ1n) is 10.3. The zero-order valence-corrected chi connectivity index (χ0v) is 17.3. The van der Waals surface area contributed by atoms with E-state index in [1.54, 1.807) is 12.1 Å². The van der Waals surface area contributed by atoms with E-state index in [0.29, 0.717) is 23.3 Å². The van der Waals surface area contributed by atoms with Crippen molar-refractivity contribution in [1.29, 1.82) is 0 Å². The minimum Gasteiger partial charge on any atom is -0.508 e. The van der Waals surface area contributed by atoms with Crippen LogP contribution in [-0.2, 0) is 0 Å². The van der Waals surface area contributed by atoms with E-state index in [1.165, 1.54) is 0 Å². The highest BCUT2D eigenvalue weighted by molar-refractivity contribution is 6.08. The number of phenols is 1. The molecule has 29 heavy (non-hydrogen) atoms. The average molecular weight is 393 g/mol. The largest absolute Gasteiger partial charge is 0.508 e. The van der Waals surface area contributed by atoms with Crippen LogP contribution >= 0.6 is 0 Å². The van der Waals surface area contributed by atoms with E-state index in [4.69, 9.17) is 4.98 Å². The molecule has 1 aliphatic heterocycles. The maximum absolute atomic E-state index is 13.5. The Bertz CT molecular complexity index is 1060. The number of aryl methyl sites for hydroxylation is 2. The molecule has 0 bridgehead atoms. The monoisotopic (exact) mass is 392 g/mol. The predicted octanol–water partition coefficient (Wildman–Crippen LogP) is 4.30. The van der Waals surface area contributed by atoms with Crippen LogP contribution in [0.5, 0.6) is 5.75 Å². The van der Waals surface area contributed by atoms with Crippen molar-refractivity contribution in [3.05, 3.63) is 41.1 Å². The van der Waals surface area contributed by atoms with E-state index < -0.39 is 0 Å².